The Labute approximate surface area is 78.2 Å². The quantitative estimate of drug-likeness (QED) is 0.600. The summed E-state index contributed by atoms with van der Waals surface area (Å²) in [6.45, 7) is 6.08. The van der Waals surface area contributed by atoms with Crippen LogP contribution in [-0.2, 0) is 19.0 Å². The predicted octanol–water partition coefficient (Wildman–Crippen LogP) is 0.742. The number of carbonyl (C=O) groups excluding carboxylic acids is 1. The number of hydrogen-bond donors (Lipinski definition) is 0. The molecule has 3 unspecified atom stereocenters. The highest BCUT2D eigenvalue weighted by Gasteiger charge is 2.26. The molecular weight excluding hydrogens is 172 g/mol. The average Bonchev–Trinajstić information content (AvgIpc) is 2.07. The van der Waals surface area contributed by atoms with Crippen LogP contribution in [0, 0.1) is 0 Å². The minimum Gasteiger partial charge on any atom is -0.463 e. The van der Waals surface area contributed by atoms with Crippen molar-refractivity contribution in [3.8, 4) is 0 Å². The second-order valence-corrected chi connectivity index (χ2v) is 3.30. The van der Waals surface area contributed by atoms with Crippen LogP contribution in [0.5, 0.6) is 0 Å². The lowest BCUT2D eigenvalue weighted by Gasteiger charge is -2.32. The van der Waals surface area contributed by atoms with E-state index in [9.17, 15) is 4.79 Å². The van der Waals surface area contributed by atoms with Gasteiger partial charge < -0.3 is 14.2 Å². The predicted molar refractivity (Wildman–Crippen MR) is 46.4 cm³/mol. The summed E-state index contributed by atoms with van der Waals surface area (Å²) in [7, 11) is 0. The SMILES string of the molecule is CC(=O)OCC1COC(C)C(C)O1. The van der Waals surface area contributed by atoms with E-state index in [2.05, 4.69) is 0 Å². The van der Waals surface area contributed by atoms with E-state index >= 15 is 0 Å². The van der Waals surface area contributed by atoms with Gasteiger partial charge in [0.15, 0.2) is 0 Å². The summed E-state index contributed by atoms with van der Waals surface area (Å²) < 4.78 is 15.8. The first-order valence-corrected chi connectivity index (χ1v) is 4.50. The van der Waals surface area contributed by atoms with Gasteiger partial charge >= 0.3 is 5.97 Å². The first kappa shape index (κ1) is 10.5. The van der Waals surface area contributed by atoms with Crippen LogP contribution in [-0.4, -0.2) is 37.5 Å². The van der Waals surface area contributed by atoms with Crippen molar-refractivity contribution in [3.63, 3.8) is 0 Å². The molecule has 0 aromatic rings. The molecule has 0 amide bonds. The Kier molecular flexibility index (Phi) is 3.69. The van der Waals surface area contributed by atoms with Gasteiger partial charge in [0.1, 0.15) is 12.7 Å². The molecule has 4 nitrogen and oxygen atoms in total. The molecule has 0 saturated carbocycles. The maximum atomic E-state index is 10.5. The molecule has 1 aliphatic rings. The van der Waals surface area contributed by atoms with E-state index in [1.54, 1.807) is 0 Å². The third-order valence-electron chi connectivity index (χ3n) is 2.09. The summed E-state index contributed by atoms with van der Waals surface area (Å²) in [5.74, 6) is -0.283. The van der Waals surface area contributed by atoms with Gasteiger partial charge in [0.25, 0.3) is 0 Å². The summed E-state index contributed by atoms with van der Waals surface area (Å²) >= 11 is 0. The molecular formula is C9H16O4. The van der Waals surface area contributed by atoms with Crippen LogP contribution in [0.15, 0.2) is 0 Å². The molecule has 1 fully saturated rings. The molecule has 3 atom stereocenters. The Hall–Kier alpha value is -0.610. The molecule has 1 heterocycles. The Morgan fingerprint density at radius 1 is 1.46 bits per heavy atom. The van der Waals surface area contributed by atoms with E-state index in [-0.39, 0.29) is 30.9 Å². The van der Waals surface area contributed by atoms with E-state index in [0.29, 0.717) is 6.61 Å². The average molecular weight is 188 g/mol. The number of hydrogen-bond acceptors (Lipinski definition) is 4. The van der Waals surface area contributed by atoms with E-state index in [1.807, 2.05) is 13.8 Å². The molecule has 0 aromatic heterocycles. The van der Waals surface area contributed by atoms with Crippen molar-refractivity contribution < 1.29 is 19.0 Å². The van der Waals surface area contributed by atoms with Gasteiger partial charge in [0, 0.05) is 6.92 Å². The van der Waals surface area contributed by atoms with Gasteiger partial charge in [0.2, 0.25) is 0 Å². The van der Waals surface area contributed by atoms with E-state index < -0.39 is 0 Å². The van der Waals surface area contributed by atoms with Crippen LogP contribution in [0.25, 0.3) is 0 Å². The fourth-order valence-electron chi connectivity index (χ4n) is 1.15. The van der Waals surface area contributed by atoms with Crippen molar-refractivity contribution in [3.05, 3.63) is 0 Å². The number of carbonyl (C=O) groups is 1. The highest BCUT2D eigenvalue weighted by atomic mass is 16.6. The Morgan fingerprint density at radius 3 is 2.69 bits per heavy atom. The van der Waals surface area contributed by atoms with E-state index in [0.717, 1.165) is 0 Å². The lowest BCUT2D eigenvalue weighted by molar-refractivity contribution is -0.186. The van der Waals surface area contributed by atoms with Crippen LogP contribution in [0.1, 0.15) is 20.8 Å². The summed E-state index contributed by atoms with van der Waals surface area (Å²) in [6, 6.07) is 0. The molecule has 1 saturated heterocycles. The molecule has 1 rings (SSSR count). The maximum Gasteiger partial charge on any atom is 0.302 e. The first-order valence-electron chi connectivity index (χ1n) is 4.50. The topological polar surface area (TPSA) is 44.8 Å². The molecule has 13 heavy (non-hydrogen) atoms. The highest BCUT2D eigenvalue weighted by Crippen LogP contribution is 2.14. The summed E-state index contributed by atoms with van der Waals surface area (Å²) in [5.41, 5.74) is 0. The van der Waals surface area contributed by atoms with Gasteiger partial charge in [-0.25, -0.2) is 0 Å². The highest BCUT2D eigenvalue weighted by molar-refractivity contribution is 5.65. The molecule has 0 aliphatic carbocycles. The van der Waals surface area contributed by atoms with Gasteiger partial charge in [-0.15, -0.1) is 0 Å². The van der Waals surface area contributed by atoms with Crippen molar-refractivity contribution in [2.75, 3.05) is 13.2 Å². The smallest absolute Gasteiger partial charge is 0.302 e. The van der Waals surface area contributed by atoms with Gasteiger partial charge in [-0.1, -0.05) is 0 Å². The fraction of sp³-hybridized carbons (Fsp3) is 0.889. The summed E-state index contributed by atoms with van der Waals surface area (Å²) in [6.07, 6.45) is 0.0676. The zero-order chi connectivity index (χ0) is 9.84. The van der Waals surface area contributed by atoms with Crippen molar-refractivity contribution in [2.45, 2.75) is 39.1 Å². The Bertz CT molecular complexity index is 180. The second-order valence-electron chi connectivity index (χ2n) is 3.30. The van der Waals surface area contributed by atoms with Gasteiger partial charge in [-0.05, 0) is 13.8 Å². The van der Waals surface area contributed by atoms with Crippen LogP contribution in [0.2, 0.25) is 0 Å². The molecule has 0 bridgehead atoms. The van der Waals surface area contributed by atoms with Crippen LogP contribution in [0.3, 0.4) is 0 Å². The third kappa shape index (κ3) is 3.32. The van der Waals surface area contributed by atoms with E-state index in [4.69, 9.17) is 14.2 Å². The lowest BCUT2D eigenvalue weighted by Crippen LogP contribution is -2.42. The Morgan fingerprint density at radius 2 is 2.15 bits per heavy atom. The minimum atomic E-state index is -0.283. The monoisotopic (exact) mass is 188 g/mol. The summed E-state index contributed by atoms with van der Waals surface area (Å²) in [4.78, 5) is 10.5. The van der Waals surface area contributed by atoms with Crippen LogP contribution >= 0.6 is 0 Å². The minimum absolute atomic E-state index is 0.0642. The Balaban J connectivity index is 2.25. The standard InChI is InChI=1S/C9H16O4/c1-6-7(2)13-9(4-11-6)5-12-8(3)10/h6-7,9H,4-5H2,1-3H3. The van der Waals surface area contributed by atoms with Crippen molar-refractivity contribution >= 4 is 5.97 Å². The maximum absolute atomic E-state index is 10.5. The lowest BCUT2D eigenvalue weighted by atomic mass is 10.2. The van der Waals surface area contributed by atoms with E-state index in [1.165, 1.54) is 6.92 Å². The van der Waals surface area contributed by atoms with Gasteiger partial charge in [0.05, 0.1) is 18.8 Å². The van der Waals surface area contributed by atoms with Crippen LogP contribution in [0.4, 0.5) is 0 Å². The zero-order valence-electron chi connectivity index (χ0n) is 8.28. The first-order chi connectivity index (χ1) is 6.09. The number of rotatable bonds is 2. The van der Waals surface area contributed by atoms with Gasteiger partial charge in [-0.2, -0.15) is 0 Å². The second kappa shape index (κ2) is 4.58. The molecule has 0 spiro atoms. The zero-order valence-corrected chi connectivity index (χ0v) is 8.28. The molecule has 1 aliphatic heterocycles. The van der Waals surface area contributed by atoms with Crippen LogP contribution < -0.4 is 0 Å². The molecule has 0 aromatic carbocycles. The number of ether oxygens (including phenoxy) is 3. The van der Waals surface area contributed by atoms with Crippen molar-refractivity contribution in [1.82, 2.24) is 0 Å². The van der Waals surface area contributed by atoms with Crippen molar-refractivity contribution in [1.29, 1.82) is 0 Å². The van der Waals surface area contributed by atoms with Crippen molar-refractivity contribution in [2.24, 2.45) is 0 Å². The summed E-state index contributed by atoms with van der Waals surface area (Å²) in [5, 5.41) is 0. The largest absolute Gasteiger partial charge is 0.463 e. The third-order valence-corrected chi connectivity index (χ3v) is 2.09. The number of esters is 1. The normalized spacial score (nSPS) is 34.2. The molecule has 0 N–H and O–H groups in total. The molecule has 0 radical (unpaired) electrons. The van der Waals surface area contributed by atoms with Gasteiger partial charge in [-0.3, -0.25) is 4.79 Å². The molecule has 4 heteroatoms. The molecule has 76 valence electrons. The fourth-order valence-corrected chi connectivity index (χ4v) is 1.15.